The molecule has 1 aromatic heterocycles. The largest absolute Gasteiger partial charge is 0.365 e. The second-order valence-corrected chi connectivity index (χ2v) is 5.54. The highest BCUT2D eigenvalue weighted by Crippen LogP contribution is 2.48. The van der Waals surface area contributed by atoms with Crippen LogP contribution in [0.3, 0.4) is 0 Å². The van der Waals surface area contributed by atoms with Crippen LogP contribution >= 0.6 is 11.6 Å². The number of hydrogen-bond acceptors (Lipinski definition) is 3. The van der Waals surface area contributed by atoms with Crippen LogP contribution in [-0.2, 0) is 16.9 Å². The Morgan fingerprint density at radius 1 is 1.32 bits per heavy atom. The summed E-state index contributed by atoms with van der Waals surface area (Å²) in [6.07, 6.45) is 3.51. The van der Waals surface area contributed by atoms with Gasteiger partial charge in [-0.15, -0.1) is 0 Å². The minimum absolute atomic E-state index is 0.249. The number of halogens is 1. The van der Waals surface area contributed by atoms with Crippen molar-refractivity contribution in [1.29, 1.82) is 0 Å². The third-order valence-electron chi connectivity index (χ3n) is 4.03. The monoisotopic (exact) mass is 277 g/mol. The fourth-order valence-electron chi connectivity index (χ4n) is 2.74. The average Bonchev–Trinajstić information content (AvgIpc) is 2.91. The minimum atomic E-state index is -0.336. The second kappa shape index (κ2) is 4.62. The van der Waals surface area contributed by atoms with Crippen LogP contribution in [0.15, 0.2) is 36.9 Å². The molecule has 5 heteroatoms. The van der Waals surface area contributed by atoms with Crippen LogP contribution in [0, 0.1) is 5.92 Å². The number of benzene rings is 1. The molecular formula is C14H16ClN3O. The van der Waals surface area contributed by atoms with Crippen LogP contribution in [0.1, 0.15) is 19.4 Å². The van der Waals surface area contributed by atoms with Crippen LogP contribution in [0.25, 0.3) is 0 Å². The Bertz CT molecular complexity index is 555. The lowest BCUT2D eigenvalue weighted by Crippen LogP contribution is -2.57. The minimum Gasteiger partial charge on any atom is -0.365 e. The Kier molecular flexibility index (Phi) is 3.07. The topological polar surface area (TPSA) is 39.9 Å². The van der Waals surface area contributed by atoms with Crippen molar-refractivity contribution in [2.75, 3.05) is 0 Å². The van der Waals surface area contributed by atoms with Crippen LogP contribution in [-0.4, -0.2) is 20.9 Å². The number of hydrogen-bond donors (Lipinski definition) is 0. The van der Waals surface area contributed by atoms with Crippen LogP contribution in [0.4, 0.5) is 0 Å². The van der Waals surface area contributed by atoms with E-state index in [1.165, 1.54) is 0 Å². The molecule has 0 bridgehead atoms. The summed E-state index contributed by atoms with van der Waals surface area (Å²) in [6.45, 7) is 4.97. The van der Waals surface area contributed by atoms with Gasteiger partial charge in [-0.1, -0.05) is 30.7 Å². The number of nitrogens with zero attached hydrogens (tertiary/aromatic N) is 3. The molecule has 4 nitrogen and oxygen atoms in total. The van der Waals surface area contributed by atoms with Gasteiger partial charge in [0.25, 0.3) is 0 Å². The van der Waals surface area contributed by atoms with Crippen LogP contribution in [0.2, 0.25) is 5.02 Å². The summed E-state index contributed by atoms with van der Waals surface area (Å²) in [5, 5.41) is 4.92. The summed E-state index contributed by atoms with van der Waals surface area (Å²) in [5.74, 6) is 0.415. The average molecular weight is 278 g/mol. The fourth-order valence-corrected chi connectivity index (χ4v) is 2.86. The first-order valence-electron chi connectivity index (χ1n) is 6.38. The lowest BCUT2D eigenvalue weighted by Gasteiger charge is -2.53. The number of rotatable bonds is 3. The summed E-state index contributed by atoms with van der Waals surface area (Å²) in [6, 6.07) is 7.86. The summed E-state index contributed by atoms with van der Waals surface area (Å²) < 4.78 is 7.92. The quantitative estimate of drug-likeness (QED) is 0.866. The van der Waals surface area contributed by atoms with E-state index in [1.54, 1.807) is 12.7 Å². The Hall–Kier alpha value is -1.39. The summed E-state index contributed by atoms with van der Waals surface area (Å²) in [4.78, 5) is 3.99. The van der Waals surface area contributed by atoms with E-state index in [2.05, 4.69) is 23.9 Å². The van der Waals surface area contributed by atoms with Gasteiger partial charge in [0, 0.05) is 10.9 Å². The van der Waals surface area contributed by atoms with Gasteiger partial charge in [-0.3, -0.25) is 0 Å². The van der Waals surface area contributed by atoms with E-state index in [0.717, 1.165) is 10.6 Å². The third kappa shape index (κ3) is 2.05. The summed E-state index contributed by atoms with van der Waals surface area (Å²) in [5.41, 5.74) is 0.801. The normalized spacial score (nSPS) is 30.1. The molecule has 1 aromatic carbocycles. The molecule has 100 valence electrons. The van der Waals surface area contributed by atoms with Gasteiger partial charge in [-0.25, -0.2) is 9.67 Å². The molecule has 0 saturated carbocycles. The molecule has 19 heavy (non-hydrogen) atoms. The van der Waals surface area contributed by atoms with Gasteiger partial charge in [-0.2, -0.15) is 5.10 Å². The Morgan fingerprint density at radius 2 is 2.05 bits per heavy atom. The molecule has 2 heterocycles. The first-order chi connectivity index (χ1) is 9.12. The van der Waals surface area contributed by atoms with Crippen molar-refractivity contribution in [3.05, 3.63) is 47.5 Å². The molecule has 0 N–H and O–H groups in total. The van der Waals surface area contributed by atoms with Gasteiger partial charge in [-0.05, 0) is 24.6 Å². The predicted octanol–water partition coefficient (Wildman–Crippen LogP) is 2.88. The Balaban J connectivity index is 1.96. The van der Waals surface area contributed by atoms with Gasteiger partial charge in [0.2, 0.25) is 0 Å². The maximum absolute atomic E-state index is 6.11. The molecular weight excluding hydrogens is 262 g/mol. The first-order valence-corrected chi connectivity index (χ1v) is 6.76. The van der Waals surface area contributed by atoms with Crippen molar-refractivity contribution in [3.8, 4) is 0 Å². The van der Waals surface area contributed by atoms with Gasteiger partial charge in [0.05, 0.1) is 12.6 Å². The number of ether oxygens (including phenoxy) is 1. The van der Waals surface area contributed by atoms with Crippen molar-refractivity contribution < 1.29 is 4.74 Å². The van der Waals surface area contributed by atoms with Gasteiger partial charge < -0.3 is 4.74 Å². The van der Waals surface area contributed by atoms with E-state index in [0.29, 0.717) is 12.5 Å². The van der Waals surface area contributed by atoms with Gasteiger partial charge in [0.15, 0.2) is 0 Å². The van der Waals surface area contributed by atoms with Crippen molar-refractivity contribution in [3.63, 3.8) is 0 Å². The van der Waals surface area contributed by atoms with Gasteiger partial charge >= 0.3 is 0 Å². The molecule has 0 radical (unpaired) electrons. The third-order valence-corrected chi connectivity index (χ3v) is 4.28. The van der Waals surface area contributed by atoms with E-state index < -0.39 is 0 Å². The molecule has 2 aromatic rings. The molecule has 0 aliphatic carbocycles. The highest BCUT2D eigenvalue weighted by molar-refractivity contribution is 6.30. The zero-order valence-electron chi connectivity index (χ0n) is 11.0. The zero-order chi connectivity index (χ0) is 13.5. The maximum atomic E-state index is 6.11. The van der Waals surface area contributed by atoms with Crippen LogP contribution < -0.4 is 0 Å². The number of aromatic nitrogens is 3. The SMILES string of the molecule is CC1OC(Cn2cncn2)(c2ccc(Cl)cc2)C1C. The maximum Gasteiger partial charge on any atom is 0.137 e. The van der Waals surface area contributed by atoms with Crippen molar-refractivity contribution in [1.82, 2.24) is 14.8 Å². The molecule has 3 unspecified atom stereocenters. The van der Waals surface area contributed by atoms with E-state index in [4.69, 9.17) is 16.3 Å². The van der Waals surface area contributed by atoms with Crippen molar-refractivity contribution >= 4 is 11.6 Å². The standard InChI is InChI=1S/C14H16ClN3O/c1-10-11(2)19-14(10,7-18-9-16-8-17-18)12-3-5-13(15)6-4-12/h3-6,8-11H,7H2,1-2H3. The lowest BCUT2D eigenvalue weighted by molar-refractivity contribution is -0.263. The molecule has 1 aliphatic rings. The predicted molar refractivity (Wildman–Crippen MR) is 72.9 cm³/mol. The summed E-state index contributed by atoms with van der Waals surface area (Å²) >= 11 is 5.96. The van der Waals surface area contributed by atoms with Crippen molar-refractivity contribution in [2.24, 2.45) is 5.92 Å². The van der Waals surface area contributed by atoms with Crippen molar-refractivity contribution in [2.45, 2.75) is 32.1 Å². The highest BCUT2D eigenvalue weighted by atomic mass is 35.5. The molecule has 0 amide bonds. The second-order valence-electron chi connectivity index (χ2n) is 5.10. The zero-order valence-corrected chi connectivity index (χ0v) is 11.7. The first kappa shape index (κ1) is 12.6. The molecule has 3 rings (SSSR count). The smallest absolute Gasteiger partial charge is 0.137 e. The fraction of sp³-hybridized carbons (Fsp3) is 0.429. The van der Waals surface area contributed by atoms with E-state index >= 15 is 0 Å². The van der Waals surface area contributed by atoms with E-state index in [1.807, 2.05) is 28.9 Å². The summed E-state index contributed by atoms with van der Waals surface area (Å²) in [7, 11) is 0. The molecule has 1 fully saturated rings. The lowest BCUT2D eigenvalue weighted by atomic mass is 9.74. The van der Waals surface area contributed by atoms with Gasteiger partial charge in [0.1, 0.15) is 18.3 Å². The van der Waals surface area contributed by atoms with E-state index in [-0.39, 0.29) is 11.7 Å². The Morgan fingerprint density at radius 3 is 2.58 bits per heavy atom. The molecule has 1 aliphatic heterocycles. The Labute approximate surface area is 117 Å². The molecule has 3 atom stereocenters. The highest BCUT2D eigenvalue weighted by Gasteiger charge is 2.52. The molecule has 0 spiro atoms. The van der Waals surface area contributed by atoms with Crippen LogP contribution in [0.5, 0.6) is 0 Å². The molecule has 1 saturated heterocycles. The van der Waals surface area contributed by atoms with E-state index in [9.17, 15) is 0 Å².